The van der Waals surface area contributed by atoms with Crippen LogP contribution in [0.4, 0.5) is 10.3 Å². The Bertz CT molecular complexity index is 558. The van der Waals surface area contributed by atoms with Crippen LogP contribution in [0.1, 0.15) is 18.0 Å². The average Bonchev–Trinajstić information content (AvgIpc) is 2.80. The van der Waals surface area contributed by atoms with Gasteiger partial charge >= 0.3 is 0 Å². The van der Waals surface area contributed by atoms with Crippen molar-refractivity contribution in [1.82, 2.24) is 15.3 Å². The van der Waals surface area contributed by atoms with Crippen LogP contribution in [-0.2, 0) is 0 Å². The highest BCUT2D eigenvalue weighted by Gasteiger charge is 2.21. The van der Waals surface area contributed by atoms with Crippen molar-refractivity contribution < 1.29 is 4.39 Å². The highest BCUT2D eigenvalue weighted by Crippen LogP contribution is 2.28. The fraction of sp³-hybridized carbons (Fsp3) is 0.333. The number of halogens is 1. The van der Waals surface area contributed by atoms with E-state index >= 15 is 0 Å². The molecule has 5 heteroatoms. The lowest BCUT2D eigenvalue weighted by Gasteiger charge is -2.11. The number of aromatic nitrogens is 2. The molecule has 1 aliphatic heterocycles. The molecule has 88 valence electrons. The second-order valence-electron chi connectivity index (χ2n) is 4.32. The molecule has 1 atom stereocenters. The van der Waals surface area contributed by atoms with Crippen molar-refractivity contribution in [1.29, 1.82) is 0 Å². The van der Waals surface area contributed by atoms with Crippen LogP contribution in [0.15, 0.2) is 18.2 Å². The number of hydrogen-bond acceptors (Lipinski definition) is 4. The number of anilines is 1. The number of hydrogen-bond donors (Lipinski definition) is 2. The average molecular weight is 232 g/mol. The first kappa shape index (κ1) is 10.4. The molecule has 1 aromatic heterocycles. The third kappa shape index (κ3) is 1.82. The van der Waals surface area contributed by atoms with E-state index in [-0.39, 0.29) is 11.8 Å². The minimum atomic E-state index is -0.300. The number of nitrogen functional groups attached to an aromatic ring is 1. The smallest absolute Gasteiger partial charge is 0.220 e. The minimum Gasteiger partial charge on any atom is -0.368 e. The summed E-state index contributed by atoms with van der Waals surface area (Å²) in [5.41, 5.74) is 7.19. The van der Waals surface area contributed by atoms with Crippen molar-refractivity contribution in [3.05, 3.63) is 29.7 Å². The van der Waals surface area contributed by atoms with Crippen LogP contribution in [0.3, 0.4) is 0 Å². The third-order valence-electron chi connectivity index (χ3n) is 3.15. The van der Waals surface area contributed by atoms with Gasteiger partial charge in [-0.05, 0) is 25.1 Å². The highest BCUT2D eigenvalue weighted by molar-refractivity contribution is 5.82. The normalized spacial score (nSPS) is 19.9. The lowest BCUT2D eigenvalue weighted by Crippen LogP contribution is -2.10. The molecule has 1 fully saturated rings. The molecule has 0 amide bonds. The molecule has 0 radical (unpaired) electrons. The van der Waals surface area contributed by atoms with E-state index in [1.54, 1.807) is 6.07 Å². The molecule has 1 saturated heterocycles. The summed E-state index contributed by atoms with van der Waals surface area (Å²) in [6, 6.07) is 4.57. The molecule has 0 spiro atoms. The highest BCUT2D eigenvalue weighted by atomic mass is 19.1. The van der Waals surface area contributed by atoms with E-state index in [0.29, 0.717) is 11.4 Å². The van der Waals surface area contributed by atoms with Crippen molar-refractivity contribution in [2.75, 3.05) is 18.8 Å². The van der Waals surface area contributed by atoms with E-state index in [0.717, 1.165) is 30.6 Å². The van der Waals surface area contributed by atoms with Crippen LogP contribution in [0, 0.1) is 5.82 Å². The molecule has 0 aliphatic carbocycles. The van der Waals surface area contributed by atoms with Crippen molar-refractivity contribution in [3.8, 4) is 0 Å². The first-order chi connectivity index (χ1) is 8.24. The molecule has 2 aromatic rings. The zero-order valence-corrected chi connectivity index (χ0v) is 9.28. The summed E-state index contributed by atoms with van der Waals surface area (Å²) in [7, 11) is 0. The maximum Gasteiger partial charge on any atom is 0.220 e. The molecule has 4 nitrogen and oxygen atoms in total. The number of nitrogens with two attached hydrogens (primary N) is 1. The van der Waals surface area contributed by atoms with Gasteiger partial charge in [0.25, 0.3) is 0 Å². The second kappa shape index (κ2) is 3.92. The van der Waals surface area contributed by atoms with Gasteiger partial charge < -0.3 is 11.1 Å². The van der Waals surface area contributed by atoms with Crippen LogP contribution in [-0.4, -0.2) is 23.1 Å². The van der Waals surface area contributed by atoms with Crippen molar-refractivity contribution in [2.24, 2.45) is 0 Å². The lowest BCUT2D eigenvalue weighted by atomic mass is 10.00. The Morgan fingerprint density at radius 2 is 2.24 bits per heavy atom. The van der Waals surface area contributed by atoms with Gasteiger partial charge in [-0.15, -0.1) is 0 Å². The largest absolute Gasteiger partial charge is 0.368 e. The minimum absolute atomic E-state index is 0.213. The standard InChI is InChI=1S/C12H13FN4/c13-8-1-2-9-10(5-8)16-12(14)17-11(9)7-3-4-15-6-7/h1-2,5,7,15H,3-4,6H2,(H2,14,16,17). The van der Waals surface area contributed by atoms with E-state index < -0.39 is 0 Å². The topological polar surface area (TPSA) is 63.8 Å². The molecule has 17 heavy (non-hydrogen) atoms. The molecule has 1 aromatic carbocycles. The second-order valence-corrected chi connectivity index (χ2v) is 4.32. The first-order valence-electron chi connectivity index (χ1n) is 5.67. The summed E-state index contributed by atoms with van der Waals surface area (Å²) in [6.45, 7) is 1.88. The number of benzene rings is 1. The van der Waals surface area contributed by atoms with Crippen molar-refractivity contribution >= 4 is 16.9 Å². The third-order valence-corrected chi connectivity index (χ3v) is 3.15. The SMILES string of the molecule is Nc1nc(C2CCNC2)c2ccc(F)cc2n1. The molecular formula is C12H13FN4. The summed E-state index contributed by atoms with van der Waals surface area (Å²) in [6.07, 6.45) is 1.03. The molecule has 0 bridgehead atoms. The fourth-order valence-corrected chi connectivity index (χ4v) is 2.35. The van der Waals surface area contributed by atoms with Crippen LogP contribution in [0.2, 0.25) is 0 Å². The number of rotatable bonds is 1. The predicted octanol–water partition coefficient (Wildman–Crippen LogP) is 1.43. The van der Waals surface area contributed by atoms with Gasteiger partial charge in [0.1, 0.15) is 5.82 Å². The molecule has 0 saturated carbocycles. The number of nitrogens with one attached hydrogen (secondary N) is 1. The van der Waals surface area contributed by atoms with Crippen LogP contribution < -0.4 is 11.1 Å². The Kier molecular flexibility index (Phi) is 2.40. The van der Waals surface area contributed by atoms with E-state index in [1.807, 2.05) is 0 Å². The molecule has 1 unspecified atom stereocenters. The summed E-state index contributed by atoms with van der Waals surface area (Å²) in [4.78, 5) is 8.39. The summed E-state index contributed by atoms with van der Waals surface area (Å²) in [5, 5.41) is 4.19. The predicted molar refractivity (Wildman–Crippen MR) is 64.1 cm³/mol. The molecular weight excluding hydrogens is 219 g/mol. The Balaban J connectivity index is 2.21. The first-order valence-corrected chi connectivity index (χ1v) is 5.67. The van der Waals surface area contributed by atoms with E-state index in [1.165, 1.54) is 12.1 Å². The van der Waals surface area contributed by atoms with Gasteiger partial charge in [-0.1, -0.05) is 0 Å². The summed E-state index contributed by atoms with van der Waals surface area (Å²) >= 11 is 0. The van der Waals surface area contributed by atoms with Crippen LogP contribution in [0.5, 0.6) is 0 Å². The fourth-order valence-electron chi connectivity index (χ4n) is 2.35. The molecule has 2 heterocycles. The van der Waals surface area contributed by atoms with Gasteiger partial charge in [0.15, 0.2) is 0 Å². The van der Waals surface area contributed by atoms with Crippen molar-refractivity contribution in [3.63, 3.8) is 0 Å². The van der Waals surface area contributed by atoms with Gasteiger partial charge in [-0.2, -0.15) is 0 Å². The Labute approximate surface area is 98.1 Å². The molecule has 3 N–H and O–H groups in total. The maximum absolute atomic E-state index is 13.2. The van der Waals surface area contributed by atoms with Gasteiger partial charge in [0.05, 0.1) is 11.2 Å². The quantitative estimate of drug-likeness (QED) is 0.780. The molecule has 1 aliphatic rings. The van der Waals surface area contributed by atoms with Crippen LogP contribution in [0.25, 0.3) is 10.9 Å². The Morgan fingerprint density at radius 3 is 3.00 bits per heavy atom. The zero-order chi connectivity index (χ0) is 11.8. The lowest BCUT2D eigenvalue weighted by molar-refractivity contribution is 0.629. The molecule has 3 rings (SSSR count). The monoisotopic (exact) mass is 232 g/mol. The van der Waals surface area contributed by atoms with Gasteiger partial charge in [0.2, 0.25) is 5.95 Å². The zero-order valence-electron chi connectivity index (χ0n) is 9.28. The van der Waals surface area contributed by atoms with E-state index in [9.17, 15) is 4.39 Å². The van der Waals surface area contributed by atoms with Gasteiger partial charge in [-0.3, -0.25) is 0 Å². The summed E-state index contributed by atoms with van der Waals surface area (Å²) < 4.78 is 13.2. The Morgan fingerprint density at radius 1 is 1.35 bits per heavy atom. The Hall–Kier alpha value is -1.75. The number of fused-ring (bicyclic) bond motifs is 1. The maximum atomic E-state index is 13.2. The number of nitrogens with zero attached hydrogens (tertiary/aromatic N) is 2. The van der Waals surface area contributed by atoms with Crippen LogP contribution >= 0.6 is 0 Å². The van der Waals surface area contributed by atoms with E-state index in [2.05, 4.69) is 15.3 Å². The van der Waals surface area contributed by atoms with Gasteiger partial charge in [0, 0.05) is 23.9 Å². The summed E-state index contributed by atoms with van der Waals surface area (Å²) in [5.74, 6) is 0.254. The van der Waals surface area contributed by atoms with Gasteiger partial charge in [-0.25, -0.2) is 14.4 Å². The van der Waals surface area contributed by atoms with Crippen molar-refractivity contribution in [2.45, 2.75) is 12.3 Å². The van der Waals surface area contributed by atoms with E-state index in [4.69, 9.17) is 5.73 Å².